The summed E-state index contributed by atoms with van der Waals surface area (Å²) in [6.07, 6.45) is -5.92. The van der Waals surface area contributed by atoms with Crippen LogP contribution in [0.2, 0.25) is 0 Å². The molecule has 1 aromatic rings. The Hall–Kier alpha value is -4.46. The molecule has 1 unspecified atom stereocenters. The molecule has 0 radical (unpaired) electrons. The highest BCUT2D eigenvalue weighted by Crippen LogP contribution is 2.45. The highest BCUT2D eigenvalue weighted by Gasteiger charge is 2.53. The number of hydrogen-bond donors (Lipinski definition) is 2. The summed E-state index contributed by atoms with van der Waals surface area (Å²) < 4.78 is 32.5. The van der Waals surface area contributed by atoms with E-state index in [1.54, 1.807) is 0 Å². The maximum atomic E-state index is 12.5. The molecule has 1 aromatic carbocycles. The second-order valence-electron chi connectivity index (χ2n) is 8.65. The smallest absolute Gasteiger partial charge is 0.303 e. The van der Waals surface area contributed by atoms with Gasteiger partial charge in [0.2, 0.25) is 12.4 Å². The zero-order valence-corrected chi connectivity index (χ0v) is 21.5. The van der Waals surface area contributed by atoms with Gasteiger partial charge in [-0.1, -0.05) is 0 Å². The lowest BCUT2D eigenvalue weighted by atomic mass is 9.90. The van der Waals surface area contributed by atoms with Crippen molar-refractivity contribution in [2.45, 2.75) is 65.3 Å². The Morgan fingerprint density at radius 2 is 1.26 bits per heavy atom. The quantitative estimate of drug-likeness (QED) is 0.274. The number of hydrogen-bond acceptors (Lipinski definition) is 14. The van der Waals surface area contributed by atoms with Crippen molar-refractivity contribution in [1.82, 2.24) is 0 Å². The van der Waals surface area contributed by atoms with Crippen LogP contribution in [0.3, 0.4) is 0 Å². The first-order chi connectivity index (χ1) is 18.2. The van der Waals surface area contributed by atoms with Crippen LogP contribution in [0.1, 0.15) is 54.0 Å². The van der Waals surface area contributed by atoms with E-state index < -0.39 is 101 Å². The predicted octanol–water partition coefficient (Wildman–Crippen LogP) is 0.803. The van der Waals surface area contributed by atoms with Gasteiger partial charge in [0.05, 0.1) is 11.1 Å². The fraction of sp³-hybridized carbons (Fsp3) is 0.440. The molecule has 0 bridgehead atoms. The van der Waals surface area contributed by atoms with Crippen LogP contribution < -0.4 is 4.74 Å². The van der Waals surface area contributed by atoms with Gasteiger partial charge in [-0.3, -0.25) is 28.8 Å². The number of carbonyl (C=O) groups excluding carboxylic acids is 6. The first kappa shape index (κ1) is 29.1. The molecule has 1 fully saturated rings. The molecule has 14 nitrogen and oxygen atoms in total. The number of phenols is 2. The van der Waals surface area contributed by atoms with Crippen LogP contribution in [-0.2, 0) is 42.9 Å². The number of esters is 4. The van der Waals surface area contributed by atoms with Gasteiger partial charge < -0.3 is 38.6 Å². The molecule has 1 aliphatic heterocycles. The molecule has 2 aliphatic rings. The Bertz CT molecular complexity index is 1260. The van der Waals surface area contributed by atoms with Gasteiger partial charge in [-0.05, 0) is 19.1 Å². The van der Waals surface area contributed by atoms with Gasteiger partial charge in [-0.25, -0.2) is 0 Å². The van der Waals surface area contributed by atoms with Crippen LogP contribution in [0.5, 0.6) is 17.2 Å². The Kier molecular flexibility index (Phi) is 8.59. The summed E-state index contributed by atoms with van der Waals surface area (Å²) in [6.45, 7) is 4.96. The van der Waals surface area contributed by atoms with Crippen LogP contribution in [0.4, 0.5) is 0 Å². The van der Waals surface area contributed by atoms with Gasteiger partial charge in [0.15, 0.2) is 35.3 Å². The summed E-state index contributed by atoms with van der Waals surface area (Å²) in [4.78, 5) is 72.1. The summed E-state index contributed by atoms with van der Waals surface area (Å²) in [5.41, 5.74) is -1.16. The van der Waals surface area contributed by atoms with Crippen LogP contribution in [0.15, 0.2) is 12.2 Å². The number of fused-ring (bicyclic) bond motifs is 1. The van der Waals surface area contributed by atoms with Gasteiger partial charge >= 0.3 is 23.9 Å². The summed E-state index contributed by atoms with van der Waals surface area (Å²) >= 11 is 0. The van der Waals surface area contributed by atoms with Crippen molar-refractivity contribution >= 4 is 35.4 Å². The first-order valence-corrected chi connectivity index (χ1v) is 11.5. The van der Waals surface area contributed by atoms with Gasteiger partial charge in [0, 0.05) is 33.3 Å². The van der Waals surface area contributed by atoms with Crippen LogP contribution >= 0.6 is 0 Å². The number of aromatic hydroxyl groups is 2. The molecular weight excluding hydrogens is 524 g/mol. The number of ketones is 2. The van der Waals surface area contributed by atoms with Crippen molar-refractivity contribution in [2.24, 2.45) is 0 Å². The summed E-state index contributed by atoms with van der Waals surface area (Å²) in [6, 6.07) is 0. The fourth-order valence-corrected chi connectivity index (χ4v) is 4.16. The molecule has 1 heterocycles. The van der Waals surface area contributed by atoms with E-state index in [0.717, 1.165) is 39.8 Å². The SMILES string of the molecule is CC(=O)OC[C@H]1OC(Oc2c(C)c(O)c3c(c2O)C(=O)C=CC3=O)[C@H](OC(C)=O)[C@@H](OC(C)=O)[C@@H]1OC(C)=O. The Morgan fingerprint density at radius 1 is 0.769 bits per heavy atom. The highest BCUT2D eigenvalue weighted by molar-refractivity contribution is 6.24. The number of phenolic OH excluding ortho intramolecular Hbond substituents is 2. The lowest BCUT2D eigenvalue weighted by molar-refractivity contribution is -0.288. The van der Waals surface area contributed by atoms with Gasteiger partial charge in [-0.15, -0.1) is 0 Å². The molecule has 0 saturated carbocycles. The minimum atomic E-state index is -1.75. The second-order valence-corrected chi connectivity index (χ2v) is 8.65. The van der Waals surface area contributed by atoms with Crippen LogP contribution in [0.25, 0.3) is 0 Å². The van der Waals surface area contributed by atoms with E-state index in [-0.39, 0.29) is 5.56 Å². The fourth-order valence-electron chi connectivity index (χ4n) is 4.16. The number of carbonyl (C=O) groups is 6. The standard InChI is InChI=1S/C25H26O14/c1-9-19(32)17-14(30)6-7-15(31)18(17)20(33)21(9)39-25-24(37-13(5)29)23(36-12(4)28)22(35-11(3)27)16(38-25)8-34-10(2)26/h6-7,16,22-25,32-33H,8H2,1-5H3/t16-,22-,23+,24-,25?/m1/s1. The minimum Gasteiger partial charge on any atom is -0.507 e. The monoisotopic (exact) mass is 550 g/mol. The summed E-state index contributed by atoms with van der Waals surface area (Å²) in [5, 5.41) is 21.6. The van der Waals surface area contributed by atoms with Crippen molar-refractivity contribution in [1.29, 1.82) is 0 Å². The lowest BCUT2D eigenvalue weighted by Gasteiger charge is -2.44. The van der Waals surface area contributed by atoms with Crippen molar-refractivity contribution in [3.63, 3.8) is 0 Å². The highest BCUT2D eigenvalue weighted by atomic mass is 16.7. The Morgan fingerprint density at radius 3 is 1.77 bits per heavy atom. The molecule has 1 saturated heterocycles. The third-order valence-corrected chi connectivity index (χ3v) is 5.70. The molecule has 0 aromatic heterocycles. The molecule has 14 heteroatoms. The molecule has 0 amide bonds. The van der Waals surface area contributed by atoms with Crippen LogP contribution in [-0.4, -0.2) is 83.0 Å². The first-order valence-electron chi connectivity index (χ1n) is 11.5. The van der Waals surface area contributed by atoms with E-state index in [1.165, 1.54) is 6.92 Å². The normalized spacial score (nSPS) is 23.9. The van der Waals surface area contributed by atoms with Crippen molar-refractivity contribution in [3.05, 3.63) is 28.8 Å². The van der Waals surface area contributed by atoms with E-state index in [9.17, 15) is 39.0 Å². The Balaban J connectivity index is 2.14. The maximum Gasteiger partial charge on any atom is 0.303 e. The number of allylic oxidation sites excluding steroid dienone is 2. The van der Waals surface area contributed by atoms with Gasteiger partial charge in [-0.2, -0.15) is 0 Å². The van der Waals surface area contributed by atoms with E-state index in [2.05, 4.69) is 0 Å². The topological polar surface area (TPSA) is 198 Å². The van der Waals surface area contributed by atoms with Crippen LogP contribution in [0, 0.1) is 6.92 Å². The third kappa shape index (κ3) is 6.17. The Labute approximate surface area is 221 Å². The second kappa shape index (κ2) is 11.5. The molecule has 3 rings (SSSR count). The number of ether oxygens (including phenoxy) is 6. The molecule has 1 aliphatic carbocycles. The van der Waals surface area contributed by atoms with Crippen molar-refractivity contribution in [2.75, 3.05) is 6.61 Å². The van der Waals surface area contributed by atoms with Gasteiger partial charge in [0.1, 0.15) is 18.5 Å². The maximum absolute atomic E-state index is 12.5. The lowest BCUT2D eigenvalue weighted by Crippen LogP contribution is -2.63. The van der Waals surface area contributed by atoms with Gasteiger partial charge in [0.25, 0.3) is 0 Å². The molecule has 5 atom stereocenters. The van der Waals surface area contributed by atoms with Crippen molar-refractivity contribution in [3.8, 4) is 17.2 Å². The largest absolute Gasteiger partial charge is 0.507 e. The average molecular weight is 550 g/mol. The predicted molar refractivity (Wildman–Crippen MR) is 125 cm³/mol. The zero-order valence-electron chi connectivity index (χ0n) is 21.5. The van der Waals surface area contributed by atoms with Crippen molar-refractivity contribution < 1.29 is 67.4 Å². The number of rotatable bonds is 7. The molecule has 39 heavy (non-hydrogen) atoms. The number of benzene rings is 1. The third-order valence-electron chi connectivity index (χ3n) is 5.70. The van der Waals surface area contributed by atoms with E-state index >= 15 is 0 Å². The molecule has 210 valence electrons. The molecule has 0 spiro atoms. The summed E-state index contributed by atoms with van der Waals surface area (Å²) in [7, 11) is 0. The molecule has 2 N–H and O–H groups in total. The van der Waals surface area contributed by atoms with E-state index in [4.69, 9.17) is 28.4 Å². The minimum absolute atomic E-state index is 0.185. The molecular formula is C25H26O14. The zero-order chi connectivity index (χ0) is 29.2. The average Bonchev–Trinajstić information content (AvgIpc) is 2.83. The van der Waals surface area contributed by atoms with E-state index in [0.29, 0.717) is 0 Å². The van der Waals surface area contributed by atoms with E-state index in [1.807, 2.05) is 0 Å². The summed E-state index contributed by atoms with van der Waals surface area (Å²) in [5.74, 6) is -6.88.